The number of thiazole rings is 1. The van der Waals surface area contributed by atoms with Crippen LogP contribution in [0.2, 0.25) is 0 Å². The topological polar surface area (TPSA) is 24.9 Å². The molecule has 4 heteroatoms. The summed E-state index contributed by atoms with van der Waals surface area (Å²) in [4.78, 5) is 6.00. The number of nitrogens with one attached hydrogen (secondary N) is 1. The lowest BCUT2D eigenvalue weighted by atomic mass is 9.98. The molecule has 0 bridgehead atoms. The van der Waals surface area contributed by atoms with Gasteiger partial charge in [0, 0.05) is 16.5 Å². The van der Waals surface area contributed by atoms with E-state index in [1.807, 2.05) is 13.1 Å². The summed E-state index contributed by atoms with van der Waals surface area (Å²) in [6, 6.07) is 7.23. The molecule has 2 nitrogen and oxygen atoms in total. The maximum Gasteiger partial charge on any atom is 0.123 e. The maximum atomic E-state index is 13.2. The average molecular weight is 262 g/mol. The molecule has 0 amide bonds. The van der Waals surface area contributed by atoms with E-state index < -0.39 is 0 Å². The molecule has 1 heterocycles. The molecule has 1 aliphatic carbocycles. The summed E-state index contributed by atoms with van der Waals surface area (Å²) in [5.41, 5.74) is 2.08. The SMILES string of the molecule is CNC1CCc2nc(-c3cccc(F)c3)sc2C1. The van der Waals surface area contributed by atoms with Crippen molar-refractivity contribution in [2.24, 2.45) is 0 Å². The van der Waals surface area contributed by atoms with Gasteiger partial charge in [0.05, 0.1) is 5.69 Å². The van der Waals surface area contributed by atoms with Crippen molar-refractivity contribution in [3.05, 3.63) is 40.7 Å². The van der Waals surface area contributed by atoms with Crippen molar-refractivity contribution >= 4 is 11.3 Å². The summed E-state index contributed by atoms with van der Waals surface area (Å²) in [6.45, 7) is 0. The van der Waals surface area contributed by atoms with Crippen LogP contribution in [0.15, 0.2) is 24.3 Å². The monoisotopic (exact) mass is 262 g/mol. The van der Waals surface area contributed by atoms with Gasteiger partial charge in [-0.05, 0) is 38.4 Å². The van der Waals surface area contributed by atoms with Crippen molar-refractivity contribution in [1.82, 2.24) is 10.3 Å². The molecule has 0 saturated heterocycles. The third-order valence-corrected chi connectivity index (χ3v) is 4.59. The third kappa shape index (κ3) is 2.18. The van der Waals surface area contributed by atoms with Gasteiger partial charge in [-0.15, -0.1) is 11.3 Å². The number of halogens is 1. The Bertz CT molecular complexity index is 565. The maximum absolute atomic E-state index is 13.2. The Hall–Kier alpha value is -1.26. The molecule has 94 valence electrons. The van der Waals surface area contributed by atoms with Gasteiger partial charge < -0.3 is 5.32 Å². The van der Waals surface area contributed by atoms with E-state index in [1.165, 1.54) is 16.6 Å². The van der Waals surface area contributed by atoms with Gasteiger partial charge in [0.15, 0.2) is 0 Å². The van der Waals surface area contributed by atoms with E-state index in [0.29, 0.717) is 6.04 Å². The molecular formula is C14H15FN2S. The van der Waals surface area contributed by atoms with E-state index in [9.17, 15) is 4.39 Å². The zero-order valence-corrected chi connectivity index (χ0v) is 11.1. The first-order chi connectivity index (χ1) is 8.76. The fraction of sp³-hybridized carbons (Fsp3) is 0.357. The van der Waals surface area contributed by atoms with E-state index in [-0.39, 0.29) is 5.82 Å². The second kappa shape index (κ2) is 4.78. The highest BCUT2D eigenvalue weighted by Crippen LogP contribution is 2.32. The summed E-state index contributed by atoms with van der Waals surface area (Å²) in [6.07, 6.45) is 3.20. The third-order valence-electron chi connectivity index (χ3n) is 3.42. The lowest BCUT2D eigenvalue weighted by molar-refractivity contribution is 0.497. The first-order valence-corrected chi connectivity index (χ1v) is 6.99. The predicted octanol–water partition coefficient (Wildman–Crippen LogP) is 3.03. The van der Waals surface area contributed by atoms with E-state index in [0.717, 1.165) is 29.8 Å². The van der Waals surface area contributed by atoms with Crippen LogP contribution in [0.3, 0.4) is 0 Å². The number of aromatic nitrogens is 1. The molecule has 1 aromatic heterocycles. The Morgan fingerprint density at radius 3 is 3.11 bits per heavy atom. The van der Waals surface area contributed by atoms with E-state index in [1.54, 1.807) is 23.5 Å². The summed E-state index contributed by atoms with van der Waals surface area (Å²) in [5.74, 6) is -0.200. The smallest absolute Gasteiger partial charge is 0.123 e. The number of nitrogens with zero attached hydrogens (tertiary/aromatic N) is 1. The lowest BCUT2D eigenvalue weighted by Gasteiger charge is -2.19. The Kier molecular flexibility index (Phi) is 3.14. The number of hydrogen-bond donors (Lipinski definition) is 1. The normalized spacial score (nSPS) is 18.7. The molecule has 1 unspecified atom stereocenters. The van der Waals surface area contributed by atoms with Gasteiger partial charge in [-0.25, -0.2) is 9.37 Å². The summed E-state index contributed by atoms with van der Waals surface area (Å²) in [5, 5.41) is 4.26. The molecule has 3 rings (SSSR count). The number of rotatable bonds is 2. The summed E-state index contributed by atoms with van der Waals surface area (Å²) >= 11 is 1.70. The fourth-order valence-corrected chi connectivity index (χ4v) is 3.55. The minimum atomic E-state index is -0.200. The van der Waals surface area contributed by atoms with Gasteiger partial charge in [-0.3, -0.25) is 0 Å². The van der Waals surface area contributed by atoms with Crippen LogP contribution in [0.4, 0.5) is 4.39 Å². The van der Waals surface area contributed by atoms with Crippen LogP contribution in [0.5, 0.6) is 0 Å². The molecule has 0 spiro atoms. The van der Waals surface area contributed by atoms with Gasteiger partial charge in [0.1, 0.15) is 10.8 Å². The van der Waals surface area contributed by atoms with Crippen molar-refractivity contribution in [3.63, 3.8) is 0 Å². The zero-order valence-electron chi connectivity index (χ0n) is 10.2. The van der Waals surface area contributed by atoms with E-state index in [2.05, 4.69) is 10.3 Å². The minimum Gasteiger partial charge on any atom is -0.317 e. The molecule has 18 heavy (non-hydrogen) atoms. The second-order valence-corrected chi connectivity index (χ2v) is 5.71. The average Bonchev–Trinajstić information content (AvgIpc) is 2.81. The van der Waals surface area contributed by atoms with Gasteiger partial charge in [-0.2, -0.15) is 0 Å². The molecule has 2 aromatic rings. The van der Waals surface area contributed by atoms with Crippen LogP contribution in [0.25, 0.3) is 10.6 Å². The summed E-state index contributed by atoms with van der Waals surface area (Å²) < 4.78 is 13.2. The lowest BCUT2D eigenvalue weighted by Crippen LogP contribution is -2.30. The van der Waals surface area contributed by atoms with Crippen LogP contribution in [-0.4, -0.2) is 18.1 Å². The highest BCUT2D eigenvalue weighted by molar-refractivity contribution is 7.15. The largest absolute Gasteiger partial charge is 0.317 e. The van der Waals surface area contributed by atoms with Crippen LogP contribution in [0, 0.1) is 5.82 Å². The first-order valence-electron chi connectivity index (χ1n) is 6.18. The predicted molar refractivity (Wildman–Crippen MR) is 72.4 cm³/mol. The molecule has 1 atom stereocenters. The number of hydrogen-bond acceptors (Lipinski definition) is 3. The van der Waals surface area contributed by atoms with Crippen LogP contribution in [0.1, 0.15) is 17.0 Å². The van der Waals surface area contributed by atoms with Crippen molar-refractivity contribution in [2.45, 2.75) is 25.3 Å². The van der Waals surface area contributed by atoms with Crippen molar-refractivity contribution in [2.75, 3.05) is 7.05 Å². The number of aryl methyl sites for hydroxylation is 1. The highest BCUT2D eigenvalue weighted by Gasteiger charge is 2.21. The number of benzene rings is 1. The molecule has 1 aliphatic rings. The van der Waals surface area contributed by atoms with Crippen molar-refractivity contribution in [3.8, 4) is 10.6 Å². The standard InChI is InChI=1S/C14H15FN2S/c1-16-11-5-6-12-13(8-11)18-14(17-12)9-3-2-4-10(15)7-9/h2-4,7,11,16H,5-6,8H2,1H3. The number of likely N-dealkylation sites (N-methyl/N-ethyl adjacent to an activating group) is 1. The molecule has 1 N–H and O–H groups in total. The minimum absolute atomic E-state index is 0.200. The van der Waals surface area contributed by atoms with Crippen molar-refractivity contribution in [1.29, 1.82) is 0 Å². The van der Waals surface area contributed by atoms with Crippen LogP contribution in [-0.2, 0) is 12.8 Å². The van der Waals surface area contributed by atoms with E-state index >= 15 is 0 Å². The molecule has 0 aliphatic heterocycles. The molecule has 0 radical (unpaired) electrons. The van der Waals surface area contributed by atoms with Gasteiger partial charge in [-0.1, -0.05) is 12.1 Å². The Morgan fingerprint density at radius 2 is 2.33 bits per heavy atom. The quantitative estimate of drug-likeness (QED) is 0.900. The molecule has 1 aromatic carbocycles. The molecular weight excluding hydrogens is 247 g/mol. The highest BCUT2D eigenvalue weighted by atomic mass is 32.1. The Morgan fingerprint density at radius 1 is 1.44 bits per heavy atom. The Labute approximate surface area is 110 Å². The Balaban J connectivity index is 1.94. The molecule has 0 fully saturated rings. The van der Waals surface area contributed by atoms with E-state index in [4.69, 9.17) is 0 Å². The van der Waals surface area contributed by atoms with Crippen LogP contribution >= 0.6 is 11.3 Å². The van der Waals surface area contributed by atoms with Gasteiger partial charge in [0.2, 0.25) is 0 Å². The molecule has 0 saturated carbocycles. The number of fused-ring (bicyclic) bond motifs is 1. The van der Waals surface area contributed by atoms with Crippen LogP contribution < -0.4 is 5.32 Å². The van der Waals surface area contributed by atoms with Crippen molar-refractivity contribution < 1.29 is 4.39 Å². The summed E-state index contributed by atoms with van der Waals surface area (Å²) in [7, 11) is 2.00. The second-order valence-electron chi connectivity index (χ2n) is 4.63. The fourth-order valence-electron chi connectivity index (χ4n) is 2.37. The zero-order chi connectivity index (χ0) is 12.5. The van der Waals surface area contributed by atoms with Gasteiger partial charge >= 0.3 is 0 Å². The van der Waals surface area contributed by atoms with Gasteiger partial charge in [0.25, 0.3) is 0 Å². The first kappa shape index (κ1) is 11.8.